The molecule has 0 heterocycles. The maximum absolute atomic E-state index is 11.9. The third-order valence-electron chi connectivity index (χ3n) is 4.34. The summed E-state index contributed by atoms with van der Waals surface area (Å²) in [5.74, 6) is 3.26. The van der Waals surface area contributed by atoms with Gasteiger partial charge in [-0.2, -0.15) is 0 Å². The van der Waals surface area contributed by atoms with Gasteiger partial charge in [0.2, 0.25) is 5.75 Å². The molecule has 2 aromatic carbocycles. The first-order valence-corrected chi connectivity index (χ1v) is 8.38. The van der Waals surface area contributed by atoms with Gasteiger partial charge < -0.3 is 14.2 Å². The molecule has 0 aliphatic heterocycles. The van der Waals surface area contributed by atoms with Crippen LogP contribution in [0.25, 0.3) is 11.1 Å². The van der Waals surface area contributed by atoms with Gasteiger partial charge in [0.25, 0.3) is 0 Å². The average molecular weight is 339 g/mol. The molecule has 0 saturated carbocycles. The minimum atomic E-state index is 0.224. The van der Waals surface area contributed by atoms with Crippen LogP contribution in [0.4, 0.5) is 0 Å². The highest BCUT2D eigenvalue weighted by Crippen LogP contribution is 2.45. The number of ketones is 1. The Labute approximate surface area is 148 Å². The van der Waals surface area contributed by atoms with E-state index < -0.39 is 0 Å². The SMILES string of the molecule is COc1ccc(-c2ccc3c(c2)CCC3=O)c(OC[C](C)C)c1OC. The lowest BCUT2D eigenvalue weighted by Crippen LogP contribution is -2.06. The van der Waals surface area contributed by atoms with Crippen molar-refractivity contribution in [2.75, 3.05) is 20.8 Å². The van der Waals surface area contributed by atoms with E-state index in [1.807, 2.05) is 38.1 Å². The van der Waals surface area contributed by atoms with Crippen LogP contribution in [0.1, 0.15) is 36.2 Å². The minimum absolute atomic E-state index is 0.224. The van der Waals surface area contributed by atoms with E-state index in [1.54, 1.807) is 14.2 Å². The molecular formula is C21H23O4. The van der Waals surface area contributed by atoms with Gasteiger partial charge in [0.05, 0.1) is 20.8 Å². The maximum atomic E-state index is 11.9. The van der Waals surface area contributed by atoms with Crippen LogP contribution in [0.3, 0.4) is 0 Å². The third-order valence-corrected chi connectivity index (χ3v) is 4.34. The number of hydrogen-bond acceptors (Lipinski definition) is 4. The number of Topliss-reactive ketones (excluding diaryl/α,β-unsaturated/α-hetero) is 1. The first-order chi connectivity index (χ1) is 12.0. The number of benzene rings is 2. The molecule has 3 rings (SSSR count). The second kappa shape index (κ2) is 7.18. The second-order valence-electron chi connectivity index (χ2n) is 6.47. The highest BCUT2D eigenvalue weighted by atomic mass is 16.5. The average Bonchev–Trinajstić information content (AvgIpc) is 2.99. The van der Waals surface area contributed by atoms with E-state index in [2.05, 4.69) is 6.07 Å². The van der Waals surface area contributed by atoms with Crippen LogP contribution in [0.5, 0.6) is 17.2 Å². The Balaban J connectivity index is 2.10. The fourth-order valence-electron chi connectivity index (χ4n) is 3.11. The van der Waals surface area contributed by atoms with E-state index in [-0.39, 0.29) is 5.78 Å². The van der Waals surface area contributed by atoms with E-state index in [0.717, 1.165) is 34.6 Å². The summed E-state index contributed by atoms with van der Waals surface area (Å²) < 4.78 is 17.0. The number of ether oxygens (including phenoxy) is 3. The predicted molar refractivity (Wildman–Crippen MR) is 97.7 cm³/mol. The molecule has 0 saturated heterocycles. The van der Waals surface area contributed by atoms with Crippen LogP contribution in [-0.4, -0.2) is 26.6 Å². The van der Waals surface area contributed by atoms with Crippen LogP contribution in [0.15, 0.2) is 30.3 Å². The molecule has 0 unspecified atom stereocenters. The molecule has 1 aliphatic rings. The largest absolute Gasteiger partial charge is 0.493 e. The Morgan fingerprint density at radius 1 is 0.960 bits per heavy atom. The van der Waals surface area contributed by atoms with Crippen molar-refractivity contribution in [3.05, 3.63) is 47.4 Å². The van der Waals surface area contributed by atoms with Crippen molar-refractivity contribution in [1.29, 1.82) is 0 Å². The molecule has 0 fully saturated rings. The molecule has 0 aromatic heterocycles. The number of carbonyl (C=O) groups is 1. The molecule has 0 amide bonds. The Kier molecular flexibility index (Phi) is 4.98. The summed E-state index contributed by atoms with van der Waals surface area (Å²) in [6.45, 7) is 4.54. The van der Waals surface area contributed by atoms with Crippen molar-refractivity contribution in [1.82, 2.24) is 0 Å². The van der Waals surface area contributed by atoms with E-state index >= 15 is 0 Å². The third kappa shape index (κ3) is 3.34. The van der Waals surface area contributed by atoms with Gasteiger partial charge >= 0.3 is 0 Å². The fraction of sp³-hybridized carbons (Fsp3) is 0.333. The van der Waals surface area contributed by atoms with Gasteiger partial charge in [-0.15, -0.1) is 0 Å². The van der Waals surface area contributed by atoms with E-state index in [0.29, 0.717) is 30.3 Å². The van der Waals surface area contributed by atoms with Gasteiger partial charge in [0.1, 0.15) is 0 Å². The van der Waals surface area contributed by atoms with E-state index in [9.17, 15) is 4.79 Å². The first kappa shape index (κ1) is 17.3. The molecule has 0 bridgehead atoms. The topological polar surface area (TPSA) is 44.8 Å². The lowest BCUT2D eigenvalue weighted by Gasteiger charge is -2.19. The van der Waals surface area contributed by atoms with Crippen molar-refractivity contribution in [3.63, 3.8) is 0 Å². The highest BCUT2D eigenvalue weighted by molar-refractivity contribution is 6.01. The fourth-order valence-corrected chi connectivity index (χ4v) is 3.11. The molecule has 131 valence electrons. The number of rotatable bonds is 6. The van der Waals surface area contributed by atoms with Crippen LogP contribution in [0.2, 0.25) is 0 Å². The van der Waals surface area contributed by atoms with Gasteiger partial charge in [-0.05, 0) is 29.7 Å². The van der Waals surface area contributed by atoms with Crippen molar-refractivity contribution in [2.45, 2.75) is 26.7 Å². The van der Waals surface area contributed by atoms with Crippen molar-refractivity contribution >= 4 is 5.78 Å². The maximum Gasteiger partial charge on any atom is 0.203 e. The summed E-state index contributed by atoms with van der Waals surface area (Å²) in [6.07, 6.45) is 1.39. The molecule has 0 N–H and O–H groups in total. The molecule has 1 radical (unpaired) electrons. The van der Waals surface area contributed by atoms with Crippen molar-refractivity contribution in [3.8, 4) is 28.4 Å². The predicted octanol–water partition coefficient (Wildman–Crippen LogP) is 4.49. The first-order valence-electron chi connectivity index (χ1n) is 8.38. The van der Waals surface area contributed by atoms with E-state index in [4.69, 9.17) is 14.2 Å². The van der Waals surface area contributed by atoms with Crippen LogP contribution >= 0.6 is 0 Å². The normalized spacial score (nSPS) is 13.1. The monoisotopic (exact) mass is 339 g/mol. The van der Waals surface area contributed by atoms with Crippen LogP contribution < -0.4 is 14.2 Å². The minimum Gasteiger partial charge on any atom is -0.493 e. The Morgan fingerprint density at radius 3 is 2.40 bits per heavy atom. The molecule has 2 aromatic rings. The summed E-state index contributed by atoms with van der Waals surface area (Å²) in [5, 5.41) is 0. The zero-order valence-electron chi connectivity index (χ0n) is 15.1. The van der Waals surface area contributed by atoms with Gasteiger partial charge in [-0.1, -0.05) is 32.0 Å². The molecule has 0 atom stereocenters. The molecular weight excluding hydrogens is 316 g/mol. The zero-order valence-corrected chi connectivity index (χ0v) is 15.1. The number of fused-ring (bicyclic) bond motifs is 1. The van der Waals surface area contributed by atoms with Gasteiger partial charge in [-0.3, -0.25) is 4.79 Å². The zero-order chi connectivity index (χ0) is 18.0. The van der Waals surface area contributed by atoms with E-state index in [1.165, 1.54) is 0 Å². The Morgan fingerprint density at radius 2 is 1.72 bits per heavy atom. The lowest BCUT2D eigenvalue weighted by atomic mass is 9.99. The number of hydrogen-bond donors (Lipinski definition) is 0. The highest BCUT2D eigenvalue weighted by Gasteiger charge is 2.22. The summed E-state index contributed by atoms with van der Waals surface area (Å²) in [7, 11) is 3.22. The molecule has 0 spiro atoms. The molecule has 1 aliphatic carbocycles. The van der Waals surface area contributed by atoms with Crippen molar-refractivity contribution < 1.29 is 19.0 Å². The summed E-state index contributed by atoms with van der Waals surface area (Å²) in [5.41, 5.74) is 3.88. The quantitative estimate of drug-likeness (QED) is 0.778. The smallest absolute Gasteiger partial charge is 0.203 e. The number of methoxy groups -OCH3 is 2. The number of carbonyl (C=O) groups excluding carboxylic acids is 1. The van der Waals surface area contributed by atoms with Gasteiger partial charge in [-0.25, -0.2) is 0 Å². The van der Waals surface area contributed by atoms with Crippen molar-refractivity contribution in [2.24, 2.45) is 0 Å². The van der Waals surface area contributed by atoms with Crippen LogP contribution in [0, 0.1) is 5.92 Å². The second-order valence-corrected chi connectivity index (χ2v) is 6.47. The molecule has 25 heavy (non-hydrogen) atoms. The molecule has 4 heteroatoms. The Bertz CT molecular complexity index is 793. The number of aryl methyl sites for hydroxylation is 1. The standard InChI is InChI=1S/C21H23O4/c1-13(2)12-25-20-17(8-10-19(23-3)21(20)24-4)15-5-7-16-14(11-15)6-9-18(16)22/h5,7-8,10-11H,6,9,12H2,1-4H3. The summed E-state index contributed by atoms with van der Waals surface area (Å²) >= 11 is 0. The van der Waals surface area contributed by atoms with Gasteiger partial charge in [0, 0.05) is 23.5 Å². The van der Waals surface area contributed by atoms with Gasteiger partial charge in [0.15, 0.2) is 17.3 Å². The van der Waals surface area contributed by atoms with Crippen LogP contribution in [-0.2, 0) is 6.42 Å². The molecule has 4 nitrogen and oxygen atoms in total. The summed E-state index contributed by atoms with van der Waals surface area (Å²) in [4.78, 5) is 11.9. The summed E-state index contributed by atoms with van der Waals surface area (Å²) in [6, 6.07) is 9.81. The Hall–Kier alpha value is -2.49. The lowest BCUT2D eigenvalue weighted by molar-refractivity contribution is 0.0994.